The third-order valence-electron chi connectivity index (χ3n) is 4.16. The molecule has 0 aromatic carbocycles. The summed E-state index contributed by atoms with van der Waals surface area (Å²) in [6, 6.07) is 6.68. The van der Waals surface area contributed by atoms with Crippen molar-refractivity contribution in [3.05, 3.63) is 65.6 Å². The number of nitrogens with zero attached hydrogens (tertiary/aromatic N) is 5. The minimum absolute atomic E-state index is 0.0316. The lowest BCUT2D eigenvalue weighted by Gasteiger charge is -2.12. The van der Waals surface area contributed by atoms with Crippen molar-refractivity contribution in [1.82, 2.24) is 24.7 Å². The van der Waals surface area contributed by atoms with Gasteiger partial charge in [0.05, 0.1) is 0 Å². The molecule has 0 saturated carbocycles. The summed E-state index contributed by atoms with van der Waals surface area (Å²) < 4.78 is 40.1. The van der Waals surface area contributed by atoms with Crippen molar-refractivity contribution in [2.24, 2.45) is 7.05 Å². The predicted molar refractivity (Wildman–Crippen MR) is 94.6 cm³/mol. The van der Waals surface area contributed by atoms with Crippen LogP contribution in [0.1, 0.15) is 40.4 Å². The van der Waals surface area contributed by atoms with E-state index in [2.05, 4.69) is 25.5 Å². The van der Waals surface area contributed by atoms with Crippen LogP contribution < -0.4 is 5.32 Å². The van der Waals surface area contributed by atoms with Crippen molar-refractivity contribution in [1.29, 1.82) is 0 Å². The number of pyridine rings is 2. The Morgan fingerprint density at radius 2 is 2.07 bits per heavy atom. The molecule has 0 aliphatic rings. The Bertz CT molecular complexity index is 985. The normalized spacial score (nSPS) is 12.6. The van der Waals surface area contributed by atoms with Gasteiger partial charge in [0.1, 0.15) is 29.4 Å². The smallest absolute Gasteiger partial charge is 0.321 e. The molecule has 0 fully saturated rings. The maximum absolute atomic E-state index is 12.8. The fraction of sp³-hybridized carbons (Fsp3) is 0.278. The van der Waals surface area contributed by atoms with Crippen LogP contribution in [0.4, 0.5) is 19.0 Å². The lowest BCUT2D eigenvalue weighted by molar-refractivity contribution is -0.141. The summed E-state index contributed by atoms with van der Waals surface area (Å²) in [5, 5.41) is 10.2. The molecular formula is C18H17F3N6O. The number of alkyl halides is 3. The molecule has 146 valence electrons. The quantitative estimate of drug-likeness (QED) is 0.723. The lowest BCUT2D eigenvalue weighted by atomic mass is 9.97. The maximum Gasteiger partial charge on any atom is 0.433 e. The summed E-state index contributed by atoms with van der Waals surface area (Å²) >= 11 is 0. The summed E-state index contributed by atoms with van der Waals surface area (Å²) in [6.07, 6.45) is -0.891. The van der Waals surface area contributed by atoms with E-state index in [1.165, 1.54) is 18.3 Å². The molecule has 0 saturated heterocycles. The minimum atomic E-state index is -4.59. The molecule has 1 atom stereocenters. The molecule has 1 unspecified atom stereocenters. The van der Waals surface area contributed by atoms with Crippen LogP contribution in [-0.4, -0.2) is 30.6 Å². The molecule has 0 aliphatic heterocycles. The van der Waals surface area contributed by atoms with Gasteiger partial charge in [-0.05, 0) is 35.7 Å². The topological polar surface area (TPSA) is 85.6 Å². The molecular weight excluding hydrogens is 373 g/mol. The van der Waals surface area contributed by atoms with Gasteiger partial charge in [-0.2, -0.15) is 13.2 Å². The fourth-order valence-electron chi connectivity index (χ4n) is 2.60. The summed E-state index contributed by atoms with van der Waals surface area (Å²) in [5.41, 5.74) is -0.147. The number of hydrogen-bond donors (Lipinski definition) is 1. The van der Waals surface area contributed by atoms with Crippen molar-refractivity contribution in [2.45, 2.75) is 25.4 Å². The van der Waals surface area contributed by atoms with Crippen molar-refractivity contribution < 1.29 is 18.0 Å². The predicted octanol–water partition coefficient (Wildman–Crippen LogP) is 3.22. The first-order valence-electron chi connectivity index (χ1n) is 8.38. The summed E-state index contributed by atoms with van der Waals surface area (Å²) in [6.45, 7) is 1.97. The van der Waals surface area contributed by atoms with Crippen molar-refractivity contribution in [3.63, 3.8) is 0 Å². The molecule has 3 rings (SSSR count). The number of aromatic nitrogens is 5. The minimum Gasteiger partial charge on any atom is -0.321 e. The van der Waals surface area contributed by atoms with Gasteiger partial charge in [0.25, 0.3) is 5.91 Å². The number of carbonyl (C=O) groups excluding carboxylic acids is 1. The van der Waals surface area contributed by atoms with Crippen molar-refractivity contribution >= 4 is 11.7 Å². The molecule has 3 aromatic heterocycles. The molecule has 1 N–H and O–H groups in total. The number of carbonyl (C=O) groups is 1. The summed E-state index contributed by atoms with van der Waals surface area (Å²) in [4.78, 5) is 19.8. The van der Waals surface area contributed by atoms with Crippen LogP contribution in [0.3, 0.4) is 0 Å². The SMILES string of the molecule is CC(Cc1nncn1C)c1ccnc(C(=O)Nc2cccc(C(F)(F)F)n2)c1. The van der Waals surface area contributed by atoms with Crippen LogP contribution in [0.25, 0.3) is 0 Å². The Labute approximate surface area is 158 Å². The highest BCUT2D eigenvalue weighted by Crippen LogP contribution is 2.28. The standard InChI is InChI=1S/C18H17F3N6O/c1-11(8-16-26-23-10-27(16)2)12-6-7-22-13(9-12)17(28)25-15-5-3-4-14(24-15)18(19,20)21/h3-7,9-11H,8H2,1-2H3,(H,24,25,28). The molecule has 0 radical (unpaired) electrons. The Morgan fingerprint density at radius 1 is 1.29 bits per heavy atom. The Balaban J connectivity index is 1.74. The molecule has 0 spiro atoms. The van der Waals surface area contributed by atoms with Crippen LogP contribution in [0.2, 0.25) is 0 Å². The first-order valence-corrected chi connectivity index (χ1v) is 8.38. The molecule has 3 aromatic rings. The van der Waals surface area contributed by atoms with E-state index in [4.69, 9.17) is 0 Å². The number of halogens is 3. The van der Waals surface area contributed by atoms with E-state index in [0.29, 0.717) is 6.42 Å². The molecule has 10 heteroatoms. The zero-order valence-corrected chi connectivity index (χ0v) is 15.1. The Kier molecular flexibility index (Phi) is 5.39. The highest BCUT2D eigenvalue weighted by molar-refractivity contribution is 6.02. The monoisotopic (exact) mass is 390 g/mol. The van der Waals surface area contributed by atoms with E-state index in [-0.39, 0.29) is 17.4 Å². The molecule has 7 nitrogen and oxygen atoms in total. The van der Waals surface area contributed by atoms with Gasteiger partial charge in [-0.25, -0.2) is 4.98 Å². The molecule has 28 heavy (non-hydrogen) atoms. The number of hydrogen-bond acceptors (Lipinski definition) is 5. The van der Waals surface area contributed by atoms with Gasteiger partial charge in [0, 0.05) is 19.7 Å². The van der Waals surface area contributed by atoms with E-state index in [1.54, 1.807) is 18.5 Å². The van der Waals surface area contributed by atoms with E-state index in [1.807, 2.05) is 18.5 Å². The Morgan fingerprint density at radius 3 is 2.75 bits per heavy atom. The zero-order valence-electron chi connectivity index (χ0n) is 15.1. The van der Waals surface area contributed by atoms with E-state index in [0.717, 1.165) is 17.5 Å². The third kappa shape index (κ3) is 4.51. The highest BCUT2D eigenvalue weighted by Gasteiger charge is 2.32. The molecule has 3 heterocycles. The first kappa shape index (κ1) is 19.5. The second-order valence-corrected chi connectivity index (χ2v) is 6.30. The third-order valence-corrected chi connectivity index (χ3v) is 4.16. The van der Waals surface area contributed by atoms with Crippen LogP contribution in [0, 0.1) is 0 Å². The number of aryl methyl sites for hydroxylation is 1. The van der Waals surface area contributed by atoms with Crippen LogP contribution >= 0.6 is 0 Å². The van der Waals surface area contributed by atoms with Gasteiger partial charge in [0.15, 0.2) is 0 Å². The van der Waals surface area contributed by atoms with Crippen molar-refractivity contribution in [2.75, 3.05) is 5.32 Å². The molecule has 1 amide bonds. The van der Waals surface area contributed by atoms with Gasteiger partial charge in [-0.1, -0.05) is 13.0 Å². The number of anilines is 1. The second kappa shape index (κ2) is 7.75. The second-order valence-electron chi connectivity index (χ2n) is 6.30. The van der Waals surface area contributed by atoms with Gasteiger partial charge in [0.2, 0.25) is 0 Å². The van der Waals surface area contributed by atoms with Crippen LogP contribution in [-0.2, 0) is 19.6 Å². The van der Waals surface area contributed by atoms with Crippen LogP contribution in [0.5, 0.6) is 0 Å². The van der Waals surface area contributed by atoms with Gasteiger partial charge < -0.3 is 9.88 Å². The zero-order chi connectivity index (χ0) is 20.3. The first-order chi connectivity index (χ1) is 13.2. The average molecular weight is 390 g/mol. The van der Waals surface area contributed by atoms with Gasteiger partial charge in [-0.3, -0.25) is 9.78 Å². The lowest BCUT2D eigenvalue weighted by Crippen LogP contribution is -2.17. The van der Waals surface area contributed by atoms with Gasteiger partial charge in [-0.15, -0.1) is 10.2 Å². The van der Waals surface area contributed by atoms with Crippen LogP contribution in [0.15, 0.2) is 42.9 Å². The average Bonchev–Trinajstić information content (AvgIpc) is 3.06. The van der Waals surface area contributed by atoms with Crippen molar-refractivity contribution in [3.8, 4) is 0 Å². The maximum atomic E-state index is 12.8. The largest absolute Gasteiger partial charge is 0.433 e. The Hall–Kier alpha value is -3.30. The number of amides is 1. The van der Waals surface area contributed by atoms with E-state index in [9.17, 15) is 18.0 Å². The summed E-state index contributed by atoms with van der Waals surface area (Å²) in [5.74, 6) is -0.00805. The summed E-state index contributed by atoms with van der Waals surface area (Å²) in [7, 11) is 1.84. The fourth-order valence-corrected chi connectivity index (χ4v) is 2.60. The van der Waals surface area contributed by atoms with Gasteiger partial charge >= 0.3 is 6.18 Å². The molecule has 0 bridgehead atoms. The number of nitrogens with one attached hydrogen (secondary N) is 1. The number of rotatable bonds is 5. The van der Waals surface area contributed by atoms with E-state index < -0.39 is 17.8 Å². The van der Waals surface area contributed by atoms with E-state index >= 15 is 0 Å². The molecule has 0 aliphatic carbocycles. The highest BCUT2D eigenvalue weighted by atomic mass is 19.4.